The molecule has 1 aliphatic rings. The summed E-state index contributed by atoms with van der Waals surface area (Å²) in [6, 6.07) is 13.7. The maximum atomic E-state index is 12.5. The van der Waals surface area contributed by atoms with Gasteiger partial charge in [-0.2, -0.15) is 0 Å². The van der Waals surface area contributed by atoms with Crippen LogP contribution in [0.25, 0.3) is 10.9 Å². The molecule has 1 fully saturated rings. The lowest BCUT2D eigenvalue weighted by atomic mass is 10.1. The molecule has 3 aromatic rings. The van der Waals surface area contributed by atoms with Gasteiger partial charge >= 0.3 is 0 Å². The predicted octanol–water partition coefficient (Wildman–Crippen LogP) is 2.40. The van der Waals surface area contributed by atoms with E-state index in [0.29, 0.717) is 17.8 Å². The first-order valence-corrected chi connectivity index (χ1v) is 8.71. The third-order valence-corrected chi connectivity index (χ3v) is 4.51. The van der Waals surface area contributed by atoms with E-state index in [-0.39, 0.29) is 5.91 Å². The molecule has 132 valence electrons. The fourth-order valence-electron chi connectivity index (χ4n) is 3.13. The SMILES string of the molecule is O=C(NCc1ccccc1N1CCOCC1)c1ccc2ccncc2n1. The number of hydrogen-bond donors (Lipinski definition) is 1. The Bertz CT molecular complexity index is 922. The lowest BCUT2D eigenvalue weighted by molar-refractivity contribution is 0.0946. The fourth-order valence-corrected chi connectivity index (χ4v) is 3.13. The van der Waals surface area contributed by atoms with Crippen molar-refractivity contribution < 1.29 is 9.53 Å². The predicted molar refractivity (Wildman–Crippen MR) is 100 cm³/mol. The second-order valence-electron chi connectivity index (χ2n) is 6.18. The highest BCUT2D eigenvalue weighted by Crippen LogP contribution is 2.21. The van der Waals surface area contributed by atoms with Gasteiger partial charge in [-0.3, -0.25) is 9.78 Å². The Hall–Kier alpha value is -2.99. The van der Waals surface area contributed by atoms with Crippen LogP contribution in [0.2, 0.25) is 0 Å². The maximum Gasteiger partial charge on any atom is 0.270 e. The largest absolute Gasteiger partial charge is 0.378 e. The van der Waals surface area contributed by atoms with E-state index >= 15 is 0 Å². The zero-order chi connectivity index (χ0) is 17.8. The fraction of sp³-hybridized carbons (Fsp3) is 0.250. The second kappa shape index (κ2) is 7.49. The molecule has 1 saturated heterocycles. The molecule has 1 aromatic carbocycles. The molecule has 2 aromatic heterocycles. The molecule has 6 nitrogen and oxygen atoms in total. The summed E-state index contributed by atoms with van der Waals surface area (Å²) < 4.78 is 5.43. The number of amides is 1. The number of anilines is 1. The number of pyridine rings is 2. The van der Waals surface area contributed by atoms with Crippen LogP contribution in [0.3, 0.4) is 0 Å². The highest BCUT2D eigenvalue weighted by molar-refractivity contribution is 5.94. The number of aromatic nitrogens is 2. The molecular weight excluding hydrogens is 328 g/mol. The Labute approximate surface area is 151 Å². The minimum Gasteiger partial charge on any atom is -0.378 e. The lowest BCUT2D eigenvalue weighted by Gasteiger charge is -2.30. The van der Waals surface area contributed by atoms with Crippen molar-refractivity contribution in [3.05, 3.63) is 66.1 Å². The summed E-state index contributed by atoms with van der Waals surface area (Å²) >= 11 is 0. The van der Waals surface area contributed by atoms with Crippen molar-refractivity contribution in [3.8, 4) is 0 Å². The number of fused-ring (bicyclic) bond motifs is 1. The van der Waals surface area contributed by atoms with Crippen molar-refractivity contribution in [2.24, 2.45) is 0 Å². The third kappa shape index (κ3) is 3.50. The average molecular weight is 348 g/mol. The van der Waals surface area contributed by atoms with Crippen LogP contribution in [0.15, 0.2) is 54.9 Å². The van der Waals surface area contributed by atoms with Crippen LogP contribution in [0.5, 0.6) is 0 Å². The molecular formula is C20H20N4O2. The van der Waals surface area contributed by atoms with E-state index in [1.54, 1.807) is 18.5 Å². The van der Waals surface area contributed by atoms with Crippen molar-refractivity contribution >= 4 is 22.5 Å². The van der Waals surface area contributed by atoms with Crippen molar-refractivity contribution in [3.63, 3.8) is 0 Å². The number of rotatable bonds is 4. The lowest BCUT2D eigenvalue weighted by Crippen LogP contribution is -2.37. The molecule has 26 heavy (non-hydrogen) atoms. The quantitative estimate of drug-likeness (QED) is 0.784. The molecule has 0 bridgehead atoms. The van der Waals surface area contributed by atoms with E-state index in [1.165, 1.54) is 0 Å². The van der Waals surface area contributed by atoms with Crippen LogP contribution < -0.4 is 10.2 Å². The summed E-state index contributed by atoms with van der Waals surface area (Å²) in [5, 5.41) is 3.95. The Morgan fingerprint density at radius 3 is 2.85 bits per heavy atom. The van der Waals surface area contributed by atoms with Gasteiger partial charge in [-0.1, -0.05) is 24.3 Å². The van der Waals surface area contributed by atoms with Gasteiger partial charge in [0.05, 0.1) is 24.9 Å². The van der Waals surface area contributed by atoms with E-state index in [4.69, 9.17) is 4.74 Å². The van der Waals surface area contributed by atoms with Crippen LogP contribution >= 0.6 is 0 Å². The minimum absolute atomic E-state index is 0.187. The highest BCUT2D eigenvalue weighted by atomic mass is 16.5. The number of nitrogens with zero attached hydrogens (tertiary/aromatic N) is 3. The first kappa shape index (κ1) is 16.5. The summed E-state index contributed by atoms with van der Waals surface area (Å²) in [4.78, 5) is 23.3. The first-order chi connectivity index (χ1) is 12.8. The summed E-state index contributed by atoms with van der Waals surface area (Å²) in [5.74, 6) is -0.187. The number of para-hydroxylation sites is 1. The van der Waals surface area contributed by atoms with Crippen molar-refractivity contribution in [1.29, 1.82) is 0 Å². The molecule has 0 unspecified atom stereocenters. The third-order valence-electron chi connectivity index (χ3n) is 4.51. The summed E-state index contributed by atoms with van der Waals surface area (Å²) in [5.41, 5.74) is 3.35. The van der Waals surface area contributed by atoms with Crippen LogP contribution in [0.4, 0.5) is 5.69 Å². The molecule has 1 amide bonds. The molecule has 0 spiro atoms. The zero-order valence-electron chi connectivity index (χ0n) is 14.4. The van der Waals surface area contributed by atoms with Crippen LogP contribution in [0, 0.1) is 0 Å². The molecule has 0 radical (unpaired) electrons. The molecule has 1 N–H and O–H groups in total. The van der Waals surface area contributed by atoms with Gasteiger partial charge in [0.2, 0.25) is 0 Å². The van der Waals surface area contributed by atoms with Gasteiger partial charge in [0.1, 0.15) is 5.69 Å². The molecule has 3 heterocycles. The van der Waals surface area contributed by atoms with Gasteiger partial charge in [0, 0.05) is 36.9 Å². The van der Waals surface area contributed by atoms with Crippen LogP contribution in [0.1, 0.15) is 16.1 Å². The van der Waals surface area contributed by atoms with Gasteiger partial charge in [-0.15, -0.1) is 0 Å². The Morgan fingerprint density at radius 1 is 1.12 bits per heavy atom. The molecule has 0 saturated carbocycles. The van der Waals surface area contributed by atoms with Crippen molar-refractivity contribution in [1.82, 2.24) is 15.3 Å². The molecule has 1 aliphatic heterocycles. The van der Waals surface area contributed by atoms with Gasteiger partial charge < -0.3 is 15.0 Å². The number of carbonyl (C=O) groups is 1. The summed E-state index contributed by atoms with van der Waals surface area (Å²) in [6.07, 6.45) is 3.38. The topological polar surface area (TPSA) is 67.4 Å². The second-order valence-corrected chi connectivity index (χ2v) is 6.18. The Kier molecular flexibility index (Phi) is 4.75. The van der Waals surface area contributed by atoms with Gasteiger partial charge in [-0.25, -0.2) is 4.98 Å². The highest BCUT2D eigenvalue weighted by Gasteiger charge is 2.15. The summed E-state index contributed by atoms with van der Waals surface area (Å²) in [6.45, 7) is 3.65. The van der Waals surface area contributed by atoms with Crippen molar-refractivity contribution in [2.45, 2.75) is 6.54 Å². The Morgan fingerprint density at radius 2 is 1.96 bits per heavy atom. The molecule has 0 aliphatic carbocycles. The van der Waals surface area contributed by atoms with Crippen LogP contribution in [-0.2, 0) is 11.3 Å². The number of ether oxygens (including phenoxy) is 1. The normalized spacial score (nSPS) is 14.4. The Balaban J connectivity index is 1.48. The maximum absolute atomic E-state index is 12.5. The molecule has 0 atom stereocenters. The van der Waals surface area contributed by atoms with Crippen LogP contribution in [-0.4, -0.2) is 42.2 Å². The van der Waals surface area contributed by atoms with E-state index < -0.39 is 0 Å². The minimum atomic E-state index is -0.187. The van der Waals surface area contributed by atoms with Gasteiger partial charge in [-0.05, 0) is 23.8 Å². The van der Waals surface area contributed by atoms with Gasteiger partial charge in [0.15, 0.2) is 0 Å². The smallest absolute Gasteiger partial charge is 0.270 e. The molecule has 4 rings (SSSR count). The van der Waals surface area contributed by atoms with Crippen molar-refractivity contribution in [2.75, 3.05) is 31.2 Å². The number of morpholine rings is 1. The van der Waals surface area contributed by atoms with E-state index in [9.17, 15) is 4.79 Å². The zero-order valence-corrected chi connectivity index (χ0v) is 14.4. The number of benzene rings is 1. The monoisotopic (exact) mass is 348 g/mol. The number of hydrogen-bond acceptors (Lipinski definition) is 5. The molecule has 6 heteroatoms. The summed E-state index contributed by atoms with van der Waals surface area (Å²) in [7, 11) is 0. The van der Waals surface area contributed by atoms with E-state index in [1.807, 2.05) is 30.3 Å². The van der Waals surface area contributed by atoms with E-state index in [2.05, 4.69) is 26.3 Å². The standard InChI is InChI=1S/C20H20N4O2/c25-20(17-6-5-15-7-8-21-14-18(15)23-17)22-13-16-3-1-2-4-19(16)24-9-11-26-12-10-24/h1-8,14H,9-13H2,(H,22,25). The average Bonchev–Trinajstić information content (AvgIpc) is 2.72. The van der Waals surface area contributed by atoms with Gasteiger partial charge in [0.25, 0.3) is 5.91 Å². The number of carbonyl (C=O) groups excluding carboxylic acids is 1. The first-order valence-electron chi connectivity index (χ1n) is 8.71. The van der Waals surface area contributed by atoms with E-state index in [0.717, 1.165) is 42.9 Å². The number of nitrogens with one attached hydrogen (secondary N) is 1.